The van der Waals surface area contributed by atoms with Crippen LogP contribution in [0, 0.1) is 12.7 Å². The molecule has 0 aliphatic heterocycles. The van der Waals surface area contributed by atoms with Crippen LogP contribution >= 0.6 is 0 Å². The maximum Gasteiger partial charge on any atom is 0.256 e. The molecule has 0 bridgehead atoms. The number of nitrogens with zero attached hydrogens (tertiary/aromatic N) is 1. The fourth-order valence-corrected chi connectivity index (χ4v) is 1.75. The van der Waals surface area contributed by atoms with Gasteiger partial charge in [-0.2, -0.15) is 0 Å². The van der Waals surface area contributed by atoms with Crippen molar-refractivity contribution in [3.63, 3.8) is 0 Å². The second kappa shape index (κ2) is 7.11. The van der Waals surface area contributed by atoms with Crippen molar-refractivity contribution < 1.29 is 14.3 Å². The van der Waals surface area contributed by atoms with Crippen LogP contribution in [0.25, 0.3) is 0 Å². The molecule has 0 aliphatic carbocycles. The van der Waals surface area contributed by atoms with Gasteiger partial charge in [-0.25, -0.2) is 4.39 Å². The smallest absolute Gasteiger partial charge is 0.256 e. The van der Waals surface area contributed by atoms with Gasteiger partial charge in [-0.1, -0.05) is 11.6 Å². The van der Waals surface area contributed by atoms with E-state index in [0.717, 1.165) is 24.8 Å². The first-order valence-corrected chi connectivity index (χ1v) is 6.18. The number of carbonyl (C=O) groups excluding carboxylic acids is 1. The van der Waals surface area contributed by atoms with Crippen molar-refractivity contribution in [3.05, 3.63) is 35.1 Å². The van der Waals surface area contributed by atoms with E-state index in [1.165, 1.54) is 11.0 Å². The van der Waals surface area contributed by atoms with Gasteiger partial charge in [0.25, 0.3) is 5.91 Å². The zero-order valence-electron chi connectivity index (χ0n) is 10.9. The Morgan fingerprint density at radius 1 is 1.33 bits per heavy atom. The van der Waals surface area contributed by atoms with Crippen molar-refractivity contribution in [2.24, 2.45) is 0 Å². The molecule has 0 atom stereocenters. The van der Waals surface area contributed by atoms with Gasteiger partial charge in [-0.3, -0.25) is 4.79 Å². The molecular weight excluding hydrogens is 233 g/mol. The summed E-state index contributed by atoms with van der Waals surface area (Å²) in [5.74, 6) is -0.770. The summed E-state index contributed by atoms with van der Waals surface area (Å²) in [6.07, 6.45) is 2.42. The molecule has 1 amide bonds. The van der Waals surface area contributed by atoms with E-state index in [2.05, 4.69) is 0 Å². The molecule has 4 heteroatoms. The maximum atomic E-state index is 13.5. The van der Waals surface area contributed by atoms with E-state index in [9.17, 15) is 9.18 Å². The molecule has 0 aromatic heterocycles. The van der Waals surface area contributed by atoms with Crippen molar-refractivity contribution in [1.29, 1.82) is 0 Å². The molecule has 0 saturated heterocycles. The van der Waals surface area contributed by atoms with Crippen molar-refractivity contribution >= 4 is 5.91 Å². The van der Waals surface area contributed by atoms with Crippen LogP contribution in [-0.4, -0.2) is 36.1 Å². The molecular formula is C14H20FNO2. The van der Waals surface area contributed by atoms with Crippen molar-refractivity contribution in [2.75, 3.05) is 20.2 Å². The van der Waals surface area contributed by atoms with Gasteiger partial charge in [0.2, 0.25) is 0 Å². The minimum atomic E-state index is -0.479. The van der Waals surface area contributed by atoms with Crippen molar-refractivity contribution in [1.82, 2.24) is 4.90 Å². The lowest BCUT2D eigenvalue weighted by Gasteiger charge is -2.17. The first-order chi connectivity index (χ1) is 8.56. The Kier molecular flexibility index (Phi) is 5.78. The molecule has 18 heavy (non-hydrogen) atoms. The Hall–Kier alpha value is -1.42. The average Bonchev–Trinajstić information content (AvgIpc) is 2.36. The van der Waals surface area contributed by atoms with E-state index >= 15 is 0 Å². The van der Waals surface area contributed by atoms with E-state index in [1.54, 1.807) is 19.2 Å². The summed E-state index contributed by atoms with van der Waals surface area (Å²) in [5.41, 5.74) is 0.994. The highest BCUT2D eigenvalue weighted by atomic mass is 19.1. The summed E-state index contributed by atoms with van der Waals surface area (Å²) >= 11 is 0. The number of hydrogen-bond acceptors (Lipinski definition) is 2. The number of unbranched alkanes of at least 4 members (excludes halogenated alkanes) is 2. The standard InChI is InChI=1S/C14H20FNO2/c1-11-6-7-13(15)12(10-11)14(18)16(2)8-4-3-5-9-17/h6-7,10,17H,3-5,8-9H2,1-2H3. The third-order valence-corrected chi connectivity index (χ3v) is 2.85. The van der Waals surface area contributed by atoms with Gasteiger partial charge in [0, 0.05) is 20.2 Å². The lowest BCUT2D eigenvalue weighted by atomic mass is 10.1. The lowest BCUT2D eigenvalue weighted by Crippen LogP contribution is -2.28. The number of amides is 1. The number of hydrogen-bond donors (Lipinski definition) is 1. The monoisotopic (exact) mass is 253 g/mol. The van der Waals surface area contributed by atoms with Gasteiger partial charge < -0.3 is 10.0 Å². The fraction of sp³-hybridized carbons (Fsp3) is 0.500. The Balaban J connectivity index is 2.60. The Bertz CT molecular complexity index is 407. The normalized spacial score (nSPS) is 10.4. The summed E-state index contributed by atoms with van der Waals surface area (Å²) in [5, 5.41) is 8.66. The highest BCUT2D eigenvalue weighted by Gasteiger charge is 2.15. The maximum absolute atomic E-state index is 13.5. The number of rotatable bonds is 6. The molecule has 1 aromatic carbocycles. The predicted molar refractivity (Wildman–Crippen MR) is 69.0 cm³/mol. The molecule has 0 fully saturated rings. The van der Waals surface area contributed by atoms with Gasteiger partial charge in [0.1, 0.15) is 5.82 Å². The van der Waals surface area contributed by atoms with Gasteiger partial charge >= 0.3 is 0 Å². The SMILES string of the molecule is Cc1ccc(F)c(C(=O)N(C)CCCCCO)c1. The lowest BCUT2D eigenvalue weighted by molar-refractivity contribution is 0.0787. The van der Waals surface area contributed by atoms with Crippen LogP contribution in [0.5, 0.6) is 0 Å². The highest BCUT2D eigenvalue weighted by molar-refractivity contribution is 5.94. The summed E-state index contributed by atoms with van der Waals surface area (Å²) < 4.78 is 13.5. The van der Waals surface area contributed by atoms with Crippen LogP contribution in [0.3, 0.4) is 0 Å². The molecule has 100 valence electrons. The minimum Gasteiger partial charge on any atom is -0.396 e. The summed E-state index contributed by atoms with van der Waals surface area (Å²) in [4.78, 5) is 13.5. The molecule has 0 aliphatic rings. The fourth-order valence-electron chi connectivity index (χ4n) is 1.75. The molecule has 0 spiro atoms. The van der Waals surface area contributed by atoms with E-state index in [4.69, 9.17) is 5.11 Å². The first-order valence-electron chi connectivity index (χ1n) is 6.18. The topological polar surface area (TPSA) is 40.5 Å². The molecule has 0 heterocycles. The molecule has 1 rings (SSSR count). The first kappa shape index (κ1) is 14.6. The second-order valence-electron chi connectivity index (χ2n) is 4.49. The van der Waals surface area contributed by atoms with Gasteiger partial charge in [0.15, 0.2) is 0 Å². The zero-order chi connectivity index (χ0) is 13.5. The second-order valence-corrected chi connectivity index (χ2v) is 4.49. The molecule has 1 N–H and O–H groups in total. The molecule has 0 unspecified atom stereocenters. The number of carbonyl (C=O) groups is 1. The van der Waals surface area contributed by atoms with Crippen LogP contribution in [0.1, 0.15) is 35.2 Å². The largest absolute Gasteiger partial charge is 0.396 e. The molecule has 3 nitrogen and oxygen atoms in total. The number of halogens is 1. The van der Waals surface area contributed by atoms with Crippen molar-refractivity contribution in [3.8, 4) is 0 Å². The molecule has 1 aromatic rings. The summed E-state index contributed by atoms with van der Waals surface area (Å²) in [7, 11) is 1.67. The van der Waals surface area contributed by atoms with Crippen LogP contribution in [-0.2, 0) is 0 Å². The molecule has 0 radical (unpaired) electrons. The zero-order valence-corrected chi connectivity index (χ0v) is 10.9. The number of benzene rings is 1. The third-order valence-electron chi connectivity index (χ3n) is 2.85. The summed E-state index contributed by atoms with van der Waals surface area (Å²) in [6, 6.07) is 4.54. The number of aryl methyl sites for hydroxylation is 1. The van der Waals surface area contributed by atoms with Crippen LogP contribution in [0.2, 0.25) is 0 Å². The Labute approximate surface area is 107 Å². The van der Waals surface area contributed by atoms with E-state index < -0.39 is 5.82 Å². The quantitative estimate of drug-likeness (QED) is 0.791. The van der Waals surface area contributed by atoms with Crippen LogP contribution in [0.4, 0.5) is 4.39 Å². The van der Waals surface area contributed by atoms with Crippen LogP contribution in [0.15, 0.2) is 18.2 Å². The average molecular weight is 253 g/mol. The number of aliphatic hydroxyl groups excluding tert-OH is 1. The van der Waals surface area contributed by atoms with Gasteiger partial charge in [-0.15, -0.1) is 0 Å². The molecule has 0 saturated carbocycles. The minimum absolute atomic E-state index is 0.125. The predicted octanol–water partition coefficient (Wildman–Crippen LogP) is 2.37. The van der Waals surface area contributed by atoms with Gasteiger partial charge in [-0.05, 0) is 38.3 Å². The van der Waals surface area contributed by atoms with E-state index in [1.807, 2.05) is 6.92 Å². The van der Waals surface area contributed by atoms with Crippen molar-refractivity contribution in [2.45, 2.75) is 26.2 Å². The van der Waals surface area contributed by atoms with E-state index in [-0.39, 0.29) is 18.1 Å². The third kappa shape index (κ3) is 4.11. The Morgan fingerprint density at radius 3 is 2.72 bits per heavy atom. The highest BCUT2D eigenvalue weighted by Crippen LogP contribution is 2.12. The summed E-state index contributed by atoms with van der Waals surface area (Å²) in [6.45, 7) is 2.58. The van der Waals surface area contributed by atoms with E-state index in [0.29, 0.717) is 6.54 Å². The van der Waals surface area contributed by atoms with Crippen LogP contribution < -0.4 is 0 Å². The van der Waals surface area contributed by atoms with Gasteiger partial charge in [0.05, 0.1) is 5.56 Å². The Morgan fingerprint density at radius 2 is 2.06 bits per heavy atom. The number of aliphatic hydroxyl groups is 1.